The van der Waals surface area contributed by atoms with Crippen LogP contribution in [-0.4, -0.2) is 102 Å². The van der Waals surface area contributed by atoms with Gasteiger partial charge in [0.25, 0.3) is 0 Å². The number of aromatic hydroxyl groups is 1. The maximum atomic E-state index is 14.1. The molecule has 0 saturated heterocycles. The molecule has 222 valence electrons. The number of phenols is 1. The number of amides is 2. The number of Topliss-reactive ketones (excluding diaryl/α,β-unsaturated/α-hetero) is 4. The van der Waals surface area contributed by atoms with Gasteiger partial charge in [-0.15, -0.1) is 0 Å². The molecule has 2 fully saturated rings. The molecule has 0 bridgehead atoms. The van der Waals surface area contributed by atoms with Crippen LogP contribution in [0.3, 0.4) is 0 Å². The second-order valence-electron chi connectivity index (χ2n) is 12.4. The summed E-state index contributed by atoms with van der Waals surface area (Å²) in [7, 11) is 6.63. The lowest BCUT2D eigenvalue weighted by Gasteiger charge is -2.52. The third kappa shape index (κ3) is 4.62. The molecule has 6 atom stereocenters. The zero-order valence-electron chi connectivity index (χ0n) is 24.2. The Morgan fingerprint density at radius 3 is 2.29 bits per heavy atom. The summed E-state index contributed by atoms with van der Waals surface area (Å²) in [6.45, 7) is 4.31. The Labute approximate surface area is 238 Å². The van der Waals surface area contributed by atoms with Gasteiger partial charge < -0.3 is 25.7 Å². The van der Waals surface area contributed by atoms with Gasteiger partial charge >= 0.3 is 0 Å². The van der Waals surface area contributed by atoms with Crippen molar-refractivity contribution >= 4 is 41.1 Å². The van der Waals surface area contributed by atoms with Gasteiger partial charge in [0.1, 0.15) is 5.75 Å². The van der Waals surface area contributed by atoms with Crippen LogP contribution in [0.15, 0.2) is 6.07 Å². The van der Waals surface area contributed by atoms with E-state index in [2.05, 4.69) is 0 Å². The van der Waals surface area contributed by atoms with E-state index >= 15 is 0 Å². The summed E-state index contributed by atoms with van der Waals surface area (Å²) in [5, 5.41) is 23.1. The molecule has 2 unspecified atom stereocenters. The average Bonchev–Trinajstić information content (AvgIpc) is 2.86. The summed E-state index contributed by atoms with van der Waals surface area (Å²) < 4.78 is 0. The number of ketones is 4. The minimum Gasteiger partial charge on any atom is -0.507 e. The van der Waals surface area contributed by atoms with Crippen molar-refractivity contribution in [1.82, 2.24) is 9.80 Å². The largest absolute Gasteiger partial charge is 0.507 e. The fourth-order valence-corrected chi connectivity index (χ4v) is 7.06. The normalized spacial score (nSPS) is 29.2. The molecule has 2 amide bonds. The number of benzene rings is 1. The van der Waals surface area contributed by atoms with Gasteiger partial charge in [-0.1, -0.05) is 13.8 Å². The van der Waals surface area contributed by atoms with E-state index < -0.39 is 64.4 Å². The van der Waals surface area contributed by atoms with Crippen molar-refractivity contribution in [3.63, 3.8) is 0 Å². The highest BCUT2D eigenvalue weighted by Gasteiger charge is 2.69. The van der Waals surface area contributed by atoms with Crippen LogP contribution in [0, 0.1) is 29.6 Å². The number of nitrogens with two attached hydrogens (primary N) is 1. The van der Waals surface area contributed by atoms with Crippen molar-refractivity contribution < 1.29 is 39.0 Å². The van der Waals surface area contributed by atoms with Crippen LogP contribution < -0.4 is 10.6 Å². The summed E-state index contributed by atoms with van der Waals surface area (Å²) in [6, 6.07) is 0.559. The molecule has 0 spiro atoms. The summed E-state index contributed by atoms with van der Waals surface area (Å²) in [4.78, 5) is 83.4. The lowest BCUT2D eigenvalue weighted by Crippen LogP contribution is -2.74. The van der Waals surface area contributed by atoms with E-state index in [0.717, 1.165) is 0 Å². The van der Waals surface area contributed by atoms with Crippen LogP contribution in [0.1, 0.15) is 41.8 Å². The summed E-state index contributed by atoms with van der Waals surface area (Å²) >= 11 is 0. The van der Waals surface area contributed by atoms with Crippen molar-refractivity contribution in [2.75, 3.05) is 39.6 Å². The minimum absolute atomic E-state index is 0.0212. The van der Waals surface area contributed by atoms with Crippen LogP contribution >= 0.6 is 0 Å². The molecule has 12 heteroatoms. The first kappa shape index (κ1) is 30.3. The average molecular weight is 571 g/mol. The van der Waals surface area contributed by atoms with Gasteiger partial charge in [0, 0.05) is 44.4 Å². The van der Waals surface area contributed by atoms with Crippen LogP contribution in [0.5, 0.6) is 5.75 Å². The van der Waals surface area contributed by atoms with Crippen molar-refractivity contribution in [2.24, 2.45) is 35.3 Å². The van der Waals surface area contributed by atoms with Gasteiger partial charge in [0.2, 0.25) is 12.3 Å². The number of rotatable bonds is 8. The van der Waals surface area contributed by atoms with Gasteiger partial charge in [0.05, 0.1) is 17.5 Å². The van der Waals surface area contributed by atoms with Gasteiger partial charge in [-0.2, -0.15) is 0 Å². The van der Waals surface area contributed by atoms with E-state index in [9.17, 15) is 39.0 Å². The van der Waals surface area contributed by atoms with E-state index in [1.807, 2.05) is 13.8 Å². The number of fused-ring (bicyclic) bond motifs is 3. The number of aliphatic hydroxyl groups is 1. The highest BCUT2D eigenvalue weighted by Crippen LogP contribution is 2.52. The van der Waals surface area contributed by atoms with Crippen molar-refractivity contribution in [1.29, 1.82) is 0 Å². The standard InChI is InChI=1S/C29H38N4O8/c1-13(2)10-33(12-34)11-15-9-18(31(3)4)16-7-14-8-17-22(32(5)6)25(37)21(28(30)40)27(39)29(17,41)26(38)19(14)24(36)20(16)23(15)35/h9,12-14,17,19,21-22,35,41H,7-8,10-11H2,1-6H3,(H2,30,40)/t14-,17-,19?,21?,22+,29-/m0/s1. The fraction of sp³-hybridized carbons (Fsp3) is 0.586. The van der Waals surface area contributed by atoms with Crippen LogP contribution in [0.4, 0.5) is 5.69 Å². The molecule has 1 aromatic rings. The molecule has 0 heterocycles. The Morgan fingerprint density at radius 1 is 1.15 bits per heavy atom. The van der Waals surface area contributed by atoms with Crippen LogP contribution in [-0.2, 0) is 36.9 Å². The quantitative estimate of drug-likeness (QED) is 0.274. The van der Waals surface area contributed by atoms with Crippen LogP contribution in [0.2, 0.25) is 0 Å². The Bertz CT molecular complexity index is 1340. The molecule has 1 aromatic carbocycles. The first-order valence-corrected chi connectivity index (χ1v) is 13.7. The Kier molecular flexibility index (Phi) is 7.87. The lowest BCUT2D eigenvalue weighted by atomic mass is 9.52. The molecule has 2 saturated carbocycles. The number of phenolic OH excluding ortho intramolecular Hbond substituents is 1. The van der Waals surface area contributed by atoms with Crippen molar-refractivity contribution in [3.8, 4) is 5.75 Å². The molecule has 0 aliphatic heterocycles. The zero-order valence-corrected chi connectivity index (χ0v) is 24.2. The predicted octanol–water partition coefficient (Wildman–Crippen LogP) is -0.453. The van der Waals surface area contributed by atoms with Gasteiger partial charge in [-0.25, -0.2) is 0 Å². The highest BCUT2D eigenvalue weighted by atomic mass is 16.3. The smallest absolute Gasteiger partial charge is 0.235 e. The molecule has 12 nitrogen and oxygen atoms in total. The van der Waals surface area contributed by atoms with Gasteiger partial charge in [-0.3, -0.25) is 33.7 Å². The SMILES string of the molecule is CC(C)CN(C=O)Cc1cc(N(C)C)c2c(c1O)C(=O)C1C(=O)[C@]3(O)C(=O)C(C(N)=O)C(=O)[C@H](N(C)C)[C@@H]3C[C@@H]1C2. The van der Waals surface area contributed by atoms with E-state index in [1.165, 1.54) is 9.80 Å². The molecule has 3 aliphatic carbocycles. The number of primary amides is 1. The van der Waals surface area contributed by atoms with E-state index in [0.29, 0.717) is 29.8 Å². The first-order chi connectivity index (χ1) is 19.1. The first-order valence-electron chi connectivity index (χ1n) is 13.7. The highest BCUT2D eigenvalue weighted by molar-refractivity contribution is 6.32. The zero-order chi connectivity index (χ0) is 30.7. The Hall–Kier alpha value is -3.64. The number of likely N-dealkylation sites (N-methyl/N-ethyl adjacent to an activating group) is 1. The number of hydrogen-bond donors (Lipinski definition) is 3. The number of anilines is 1. The predicted molar refractivity (Wildman–Crippen MR) is 147 cm³/mol. The second-order valence-corrected chi connectivity index (χ2v) is 12.4. The van der Waals surface area contributed by atoms with E-state index in [1.54, 1.807) is 39.2 Å². The molecule has 4 N–H and O–H groups in total. The van der Waals surface area contributed by atoms with Gasteiger partial charge in [-0.05, 0) is 50.4 Å². The summed E-state index contributed by atoms with van der Waals surface area (Å²) in [6.07, 6.45) is 0.807. The molecular weight excluding hydrogens is 532 g/mol. The van der Waals surface area contributed by atoms with Crippen LogP contribution in [0.25, 0.3) is 0 Å². The monoisotopic (exact) mass is 570 g/mol. The maximum absolute atomic E-state index is 14.1. The lowest BCUT2D eigenvalue weighted by molar-refractivity contribution is -0.181. The number of hydrogen-bond acceptors (Lipinski definition) is 10. The summed E-state index contributed by atoms with van der Waals surface area (Å²) in [5.41, 5.74) is 3.94. The third-order valence-electron chi connectivity index (χ3n) is 8.72. The number of carbonyl (C=O) groups is 6. The topological polar surface area (TPSA) is 179 Å². The Balaban J connectivity index is 1.86. The molecule has 3 aliphatic rings. The molecule has 0 aromatic heterocycles. The fourth-order valence-electron chi connectivity index (χ4n) is 7.06. The van der Waals surface area contributed by atoms with E-state index in [-0.39, 0.29) is 36.6 Å². The maximum Gasteiger partial charge on any atom is 0.235 e. The molecule has 0 radical (unpaired) electrons. The number of nitrogens with zero attached hydrogens (tertiary/aromatic N) is 3. The molecule has 4 rings (SSSR count). The minimum atomic E-state index is -2.78. The third-order valence-corrected chi connectivity index (χ3v) is 8.72. The van der Waals surface area contributed by atoms with Crippen molar-refractivity contribution in [3.05, 3.63) is 22.8 Å². The summed E-state index contributed by atoms with van der Waals surface area (Å²) in [5.74, 6) is -10.8. The number of carbonyl (C=O) groups excluding carboxylic acids is 6. The second kappa shape index (κ2) is 10.6. The van der Waals surface area contributed by atoms with Gasteiger partial charge in [0.15, 0.2) is 34.7 Å². The molecular formula is C29H38N4O8. The Morgan fingerprint density at radius 2 is 1.78 bits per heavy atom. The van der Waals surface area contributed by atoms with Crippen molar-refractivity contribution in [2.45, 2.75) is 44.9 Å². The van der Waals surface area contributed by atoms with E-state index in [4.69, 9.17) is 5.73 Å². The molecule has 41 heavy (non-hydrogen) atoms.